The fraction of sp³-hybridized carbons (Fsp3) is 0.900. The van der Waals surface area contributed by atoms with Gasteiger partial charge in [-0.05, 0) is 20.3 Å². The number of alkyl halides is 1. The lowest BCUT2D eigenvalue weighted by Crippen LogP contribution is -2.37. The number of carbonyl (C=O) groups is 1. The smallest absolute Gasteiger partial charge is 0.238 e. The van der Waals surface area contributed by atoms with Crippen molar-refractivity contribution < 1.29 is 9.53 Å². The van der Waals surface area contributed by atoms with Crippen molar-refractivity contribution in [3.8, 4) is 0 Å². The predicted molar refractivity (Wildman–Crippen MR) is 58.6 cm³/mol. The molecule has 1 unspecified atom stereocenters. The van der Waals surface area contributed by atoms with E-state index in [2.05, 4.69) is 5.32 Å². The summed E-state index contributed by atoms with van der Waals surface area (Å²) in [7, 11) is 1.62. The van der Waals surface area contributed by atoms with E-state index in [-0.39, 0.29) is 11.5 Å². The maximum Gasteiger partial charge on any atom is 0.238 e. The SMILES string of the molecule is CCCNC(=O)C(Cl)CC(C)(C)OC. The monoisotopic (exact) mass is 221 g/mol. The molecule has 0 heterocycles. The third-order valence-corrected chi connectivity index (χ3v) is 2.41. The molecule has 14 heavy (non-hydrogen) atoms. The Bertz CT molecular complexity index is 183. The fourth-order valence-electron chi connectivity index (χ4n) is 0.967. The summed E-state index contributed by atoms with van der Waals surface area (Å²) in [5.74, 6) is -0.112. The molecule has 0 aromatic rings. The average molecular weight is 222 g/mol. The maximum atomic E-state index is 11.4. The largest absolute Gasteiger partial charge is 0.379 e. The van der Waals surface area contributed by atoms with E-state index in [9.17, 15) is 4.79 Å². The molecule has 0 saturated carbocycles. The minimum Gasteiger partial charge on any atom is -0.379 e. The normalized spacial score (nSPS) is 13.8. The van der Waals surface area contributed by atoms with E-state index in [1.807, 2.05) is 20.8 Å². The second-order valence-electron chi connectivity index (χ2n) is 3.93. The molecule has 1 atom stereocenters. The third kappa shape index (κ3) is 5.45. The van der Waals surface area contributed by atoms with Crippen LogP contribution in [0.5, 0.6) is 0 Å². The Morgan fingerprint density at radius 3 is 2.57 bits per heavy atom. The van der Waals surface area contributed by atoms with E-state index in [4.69, 9.17) is 16.3 Å². The van der Waals surface area contributed by atoms with Crippen molar-refractivity contribution in [2.75, 3.05) is 13.7 Å². The molecule has 0 aliphatic rings. The van der Waals surface area contributed by atoms with Crippen molar-refractivity contribution in [3.05, 3.63) is 0 Å². The number of nitrogens with one attached hydrogen (secondary N) is 1. The first-order chi connectivity index (χ1) is 6.43. The van der Waals surface area contributed by atoms with Crippen molar-refractivity contribution in [2.45, 2.75) is 44.6 Å². The molecule has 0 aromatic carbocycles. The lowest BCUT2D eigenvalue weighted by molar-refractivity contribution is -0.122. The Hall–Kier alpha value is -0.280. The van der Waals surface area contributed by atoms with Gasteiger partial charge >= 0.3 is 0 Å². The van der Waals surface area contributed by atoms with E-state index in [1.165, 1.54) is 0 Å². The molecule has 0 rings (SSSR count). The molecule has 0 aromatic heterocycles. The highest BCUT2D eigenvalue weighted by molar-refractivity contribution is 6.30. The van der Waals surface area contributed by atoms with Gasteiger partial charge in [0, 0.05) is 20.1 Å². The zero-order valence-electron chi connectivity index (χ0n) is 9.39. The Kier molecular flexibility index (Phi) is 6.12. The van der Waals surface area contributed by atoms with Gasteiger partial charge in [0.25, 0.3) is 0 Å². The van der Waals surface area contributed by atoms with Gasteiger partial charge in [0.2, 0.25) is 5.91 Å². The third-order valence-electron chi connectivity index (χ3n) is 2.06. The molecule has 0 spiro atoms. The van der Waals surface area contributed by atoms with Crippen LogP contribution >= 0.6 is 11.6 Å². The summed E-state index contributed by atoms with van der Waals surface area (Å²) in [6.07, 6.45) is 1.43. The van der Waals surface area contributed by atoms with Crippen LogP contribution in [0.25, 0.3) is 0 Å². The Morgan fingerprint density at radius 2 is 2.14 bits per heavy atom. The number of halogens is 1. The molecule has 3 nitrogen and oxygen atoms in total. The second kappa shape index (κ2) is 6.25. The average Bonchev–Trinajstić information content (AvgIpc) is 2.13. The van der Waals surface area contributed by atoms with Gasteiger partial charge in [-0.15, -0.1) is 11.6 Å². The number of hydrogen-bond acceptors (Lipinski definition) is 2. The lowest BCUT2D eigenvalue weighted by Gasteiger charge is -2.24. The molecular formula is C10H20ClNO2. The number of methoxy groups -OCH3 is 1. The van der Waals surface area contributed by atoms with Crippen LogP contribution in [-0.4, -0.2) is 30.5 Å². The topological polar surface area (TPSA) is 38.3 Å². The summed E-state index contributed by atoms with van der Waals surface area (Å²) >= 11 is 5.94. The van der Waals surface area contributed by atoms with Gasteiger partial charge < -0.3 is 10.1 Å². The van der Waals surface area contributed by atoms with Gasteiger partial charge in [-0.2, -0.15) is 0 Å². The highest BCUT2D eigenvalue weighted by Gasteiger charge is 2.25. The number of rotatable bonds is 6. The van der Waals surface area contributed by atoms with Gasteiger partial charge in [0.1, 0.15) is 5.38 Å². The van der Waals surface area contributed by atoms with Gasteiger partial charge in [-0.25, -0.2) is 0 Å². The quantitative estimate of drug-likeness (QED) is 0.697. The van der Waals surface area contributed by atoms with Crippen molar-refractivity contribution in [3.63, 3.8) is 0 Å². The van der Waals surface area contributed by atoms with Gasteiger partial charge in [-0.3, -0.25) is 4.79 Å². The van der Waals surface area contributed by atoms with Crippen LogP contribution in [0, 0.1) is 0 Å². The van der Waals surface area contributed by atoms with Crippen LogP contribution in [-0.2, 0) is 9.53 Å². The molecule has 84 valence electrons. The lowest BCUT2D eigenvalue weighted by atomic mass is 10.0. The van der Waals surface area contributed by atoms with Crippen molar-refractivity contribution in [2.24, 2.45) is 0 Å². The first kappa shape index (κ1) is 13.7. The van der Waals surface area contributed by atoms with Gasteiger partial charge in [0.05, 0.1) is 5.60 Å². The standard InChI is InChI=1S/C10H20ClNO2/c1-5-6-12-9(13)8(11)7-10(2,3)14-4/h8H,5-7H2,1-4H3,(H,12,13). The van der Waals surface area contributed by atoms with Crippen molar-refractivity contribution in [1.82, 2.24) is 5.32 Å². The Balaban J connectivity index is 3.94. The maximum absolute atomic E-state index is 11.4. The predicted octanol–water partition coefficient (Wildman–Crippen LogP) is 1.94. The zero-order valence-corrected chi connectivity index (χ0v) is 10.1. The molecule has 0 fully saturated rings. The fourth-order valence-corrected chi connectivity index (χ4v) is 1.42. The number of hydrogen-bond donors (Lipinski definition) is 1. The van der Waals surface area contributed by atoms with Crippen LogP contribution in [0.2, 0.25) is 0 Å². The van der Waals surface area contributed by atoms with E-state index in [1.54, 1.807) is 7.11 Å². The minimum atomic E-state index is -0.517. The Labute approximate surface area is 91.2 Å². The van der Waals surface area contributed by atoms with Crippen LogP contribution in [0.4, 0.5) is 0 Å². The summed E-state index contributed by atoms with van der Waals surface area (Å²) in [6, 6.07) is 0. The summed E-state index contributed by atoms with van der Waals surface area (Å²) < 4.78 is 5.20. The minimum absolute atomic E-state index is 0.112. The summed E-state index contributed by atoms with van der Waals surface area (Å²) in [6.45, 7) is 6.50. The molecule has 0 saturated heterocycles. The van der Waals surface area contributed by atoms with Crippen LogP contribution in [0.3, 0.4) is 0 Å². The van der Waals surface area contributed by atoms with Crippen LogP contribution in [0.1, 0.15) is 33.6 Å². The summed E-state index contributed by atoms with van der Waals surface area (Å²) in [4.78, 5) is 11.4. The zero-order chi connectivity index (χ0) is 11.2. The van der Waals surface area contributed by atoms with E-state index < -0.39 is 5.38 Å². The molecule has 1 amide bonds. The number of carbonyl (C=O) groups excluding carboxylic acids is 1. The molecule has 4 heteroatoms. The van der Waals surface area contributed by atoms with E-state index in [0.29, 0.717) is 13.0 Å². The van der Waals surface area contributed by atoms with Crippen molar-refractivity contribution in [1.29, 1.82) is 0 Å². The van der Waals surface area contributed by atoms with Crippen LogP contribution < -0.4 is 5.32 Å². The first-order valence-corrected chi connectivity index (χ1v) is 5.33. The number of amides is 1. The van der Waals surface area contributed by atoms with E-state index in [0.717, 1.165) is 6.42 Å². The van der Waals surface area contributed by atoms with Crippen molar-refractivity contribution >= 4 is 17.5 Å². The molecule has 0 radical (unpaired) electrons. The summed E-state index contributed by atoms with van der Waals surface area (Å²) in [5.41, 5.74) is -0.351. The number of ether oxygens (including phenoxy) is 1. The van der Waals surface area contributed by atoms with Crippen LogP contribution in [0.15, 0.2) is 0 Å². The van der Waals surface area contributed by atoms with Gasteiger partial charge in [-0.1, -0.05) is 6.92 Å². The Morgan fingerprint density at radius 1 is 1.57 bits per heavy atom. The second-order valence-corrected chi connectivity index (χ2v) is 4.45. The highest BCUT2D eigenvalue weighted by atomic mass is 35.5. The molecule has 0 aliphatic heterocycles. The molecular weight excluding hydrogens is 202 g/mol. The summed E-state index contributed by atoms with van der Waals surface area (Å²) in [5, 5.41) is 2.24. The molecule has 0 aliphatic carbocycles. The van der Waals surface area contributed by atoms with E-state index >= 15 is 0 Å². The van der Waals surface area contributed by atoms with Gasteiger partial charge in [0.15, 0.2) is 0 Å². The molecule has 0 bridgehead atoms. The first-order valence-electron chi connectivity index (χ1n) is 4.90. The highest BCUT2D eigenvalue weighted by Crippen LogP contribution is 2.18. The molecule has 1 N–H and O–H groups in total.